The van der Waals surface area contributed by atoms with Crippen LogP contribution >= 0.6 is 46.4 Å². The minimum absolute atomic E-state index is 0.0752. The van der Waals surface area contributed by atoms with Crippen molar-refractivity contribution in [2.24, 2.45) is 0 Å². The predicted octanol–water partition coefficient (Wildman–Crippen LogP) is 5.40. The van der Waals surface area contributed by atoms with Crippen LogP contribution in [0.1, 0.15) is 25.0 Å². The van der Waals surface area contributed by atoms with Crippen LogP contribution in [0.2, 0.25) is 20.1 Å². The molecule has 0 saturated heterocycles. The van der Waals surface area contributed by atoms with Crippen LogP contribution < -0.4 is 5.32 Å². The Hall–Kier alpha value is -1.46. The zero-order valence-electron chi connectivity index (χ0n) is 15.4. The number of rotatable bonds is 7. The van der Waals surface area contributed by atoms with Crippen LogP contribution in [0.4, 0.5) is 0 Å². The van der Waals surface area contributed by atoms with E-state index in [1.165, 1.54) is 4.90 Å². The highest BCUT2D eigenvalue weighted by Gasteiger charge is 2.26. The van der Waals surface area contributed by atoms with E-state index in [9.17, 15) is 9.59 Å². The van der Waals surface area contributed by atoms with Gasteiger partial charge >= 0.3 is 0 Å². The maximum atomic E-state index is 13.0. The van der Waals surface area contributed by atoms with Gasteiger partial charge in [0.15, 0.2) is 0 Å². The number of nitrogens with zero attached hydrogens (tertiary/aromatic N) is 1. The highest BCUT2D eigenvalue weighted by Crippen LogP contribution is 2.25. The lowest BCUT2D eigenvalue weighted by Crippen LogP contribution is -2.48. The van der Waals surface area contributed by atoms with Crippen molar-refractivity contribution in [3.63, 3.8) is 0 Å². The van der Waals surface area contributed by atoms with E-state index in [-0.39, 0.29) is 24.8 Å². The van der Waals surface area contributed by atoms with Crippen LogP contribution in [0.3, 0.4) is 0 Å². The van der Waals surface area contributed by atoms with Gasteiger partial charge in [0.05, 0.1) is 16.5 Å². The lowest BCUT2D eigenvalue weighted by Gasteiger charge is -2.29. The molecule has 0 aromatic heterocycles. The third-order valence-electron chi connectivity index (χ3n) is 4.21. The molecule has 0 fully saturated rings. The van der Waals surface area contributed by atoms with Gasteiger partial charge in [-0.1, -0.05) is 58.5 Å². The van der Waals surface area contributed by atoms with Gasteiger partial charge < -0.3 is 10.2 Å². The third-order valence-corrected chi connectivity index (χ3v) is 5.54. The van der Waals surface area contributed by atoms with Gasteiger partial charge in [-0.15, -0.1) is 0 Å². The second kappa shape index (κ2) is 10.4. The van der Waals surface area contributed by atoms with E-state index in [0.29, 0.717) is 37.8 Å². The molecule has 0 aliphatic rings. The molecule has 28 heavy (non-hydrogen) atoms. The molecule has 1 N–H and O–H groups in total. The van der Waals surface area contributed by atoms with E-state index < -0.39 is 6.04 Å². The Balaban J connectivity index is 2.29. The van der Waals surface area contributed by atoms with E-state index in [4.69, 9.17) is 46.4 Å². The Morgan fingerprint density at radius 2 is 1.71 bits per heavy atom. The Morgan fingerprint density at radius 1 is 1.00 bits per heavy atom. The molecule has 0 saturated carbocycles. The van der Waals surface area contributed by atoms with Crippen molar-refractivity contribution in [1.29, 1.82) is 0 Å². The molecule has 4 nitrogen and oxygen atoms in total. The number of hydrogen-bond acceptors (Lipinski definition) is 2. The smallest absolute Gasteiger partial charge is 0.242 e. The first kappa shape index (κ1) is 22.8. The molecule has 0 radical (unpaired) electrons. The van der Waals surface area contributed by atoms with E-state index in [1.54, 1.807) is 43.3 Å². The highest BCUT2D eigenvalue weighted by atomic mass is 35.5. The van der Waals surface area contributed by atoms with Gasteiger partial charge in [-0.25, -0.2) is 0 Å². The van der Waals surface area contributed by atoms with Crippen molar-refractivity contribution in [2.75, 3.05) is 6.54 Å². The van der Waals surface area contributed by atoms with Crippen molar-refractivity contribution >= 4 is 58.2 Å². The number of hydrogen-bond donors (Lipinski definition) is 1. The molecule has 2 amide bonds. The van der Waals surface area contributed by atoms with Crippen LogP contribution in [0.15, 0.2) is 36.4 Å². The topological polar surface area (TPSA) is 49.4 Å². The van der Waals surface area contributed by atoms with Crippen molar-refractivity contribution < 1.29 is 9.59 Å². The van der Waals surface area contributed by atoms with Crippen molar-refractivity contribution in [3.8, 4) is 0 Å². The summed E-state index contributed by atoms with van der Waals surface area (Å²) in [6.45, 7) is 4.15. The largest absolute Gasteiger partial charge is 0.355 e. The molecule has 0 aliphatic carbocycles. The molecular weight excluding hydrogens is 442 g/mol. The Kier molecular flexibility index (Phi) is 8.44. The molecular formula is C20H20Cl4N2O2. The number of benzene rings is 2. The molecule has 2 aromatic rings. The summed E-state index contributed by atoms with van der Waals surface area (Å²) in [5.74, 6) is -0.474. The Morgan fingerprint density at radius 3 is 2.32 bits per heavy atom. The Labute approximate surface area is 184 Å². The second-order valence-corrected chi connectivity index (χ2v) is 7.91. The summed E-state index contributed by atoms with van der Waals surface area (Å²) in [5, 5.41) is 4.46. The molecule has 0 spiro atoms. The highest BCUT2D eigenvalue weighted by molar-refractivity contribution is 6.42. The monoisotopic (exact) mass is 460 g/mol. The molecule has 2 aromatic carbocycles. The minimum atomic E-state index is -0.679. The standard InChI is InChI=1S/C20H20Cl4N2O2/c1-3-25-20(28)12(2)26(11-14-5-6-15(21)10-17(14)23)19(27)9-13-4-7-16(22)18(24)8-13/h4-8,10,12H,3,9,11H2,1-2H3,(H,25,28)/t12-/m1/s1. The molecule has 1 atom stereocenters. The van der Waals surface area contributed by atoms with Crippen molar-refractivity contribution in [2.45, 2.75) is 32.9 Å². The first-order valence-corrected chi connectivity index (χ1v) is 10.2. The number of carbonyl (C=O) groups is 2. The van der Waals surface area contributed by atoms with E-state index >= 15 is 0 Å². The zero-order valence-corrected chi connectivity index (χ0v) is 18.5. The van der Waals surface area contributed by atoms with Crippen LogP contribution in [-0.2, 0) is 22.6 Å². The quantitative estimate of drug-likeness (QED) is 0.600. The summed E-state index contributed by atoms with van der Waals surface area (Å²) < 4.78 is 0. The van der Waals surface area contributed by atoms with E-state index in [1.807, 2.05) is 6.92 Å². The summed E-state index contributed by atoms with van der Waals surface area (Å²) in [7, 11) is 0. The first-order chi connectivity index (χ1) is 13.2. The van der Waals surface area contributed by atoms with Crippen molar-refractivity contribution in [1.82, 2.24) is 10.2 Å². The summed E-state index contributed by atoms with van der Waals surface area (Å²) >= 11 is 24.2. The number of amides is 2. The molecule has 0 unspecified atom stereocenters. The van der Waals surface area contributed by atoms with Crippen LogP contribution in [0.5, 0.6) is 0 Å². The normalized spacial score (nSPS) is 11.8. The lowest BCUT2D eigenvalue weighted by molar-refractivity contribution is -0.140. The number of halogens is 4. The maximum Gasteiger partial charge on any atom is 0.242 e. The Bertz CT molecular complexity index is 873. The zero-order chi connectivity index (χ0) is 20.8. The van der Waals surface area contributed by atoms with Gasteiger partial charge in [-0.2, -0.15) is 0 Å². The number of carbonyl (C=O) groups excluding carboxylic acids is 2. The fourth-order valence-corrected chi connectivity index (χ4v) is 3.45. The van der Waals surface area contributed by atoms with Crippen molar-refractivity contribution in [3.05, 3.63) is 67.6 Å². The fraction of sp³-hybridized carbons (Fsp3) is 0.300. The average molecular weight is 462 g/mol. The van der Waals surface area contributed by atoms with Gasteiger partial charge in [0, 0.05) is 23.1 Å². The summed E-state index contributed by atoms with van der Waals surface area (Å²) in [4.78, 5) is 26.9. The van der Waals surface area contributed by atoms with Gasteiger partial charge in [-0.3, -0.25) is 9.59 Å². The summed E-state index contributed by atoms with van der Waals surface area (Å²) in [6, 6.07) is 9.39. The van der Waals surface area contributed by atoms with Crippen LogP contribution in [-0.4, -0.2) is 29.3 Å². The third kappa shape index (κ3) is 6.02. The van der Waals surface area contributed by atoms with E-state index in [2.05, 4.69) is 5.32 Å². The molecule has 8 heteroatoms. The lowest BCUT2D eigenvalue weighted by atomic mass is 10.1. The number of likely N-dealkylation sites (N-methyl/N-ethyl adjacent to an activating group) is 1. The maximum absolute atomic E-state index is 13.0. The first-order valence-electron chi connectivity index (χ1n) is 8.68. The molecule has 0 heterocycles. The van der Waals surface area contributed by atoms with E-state index in [0.717, 1.165) is 0 Å². The van der Waals surface area contributed by atoms with Gasteiger partial charge in [0.1, 0.15) is 6.04 Å². The molecule has 0 bridgehead atoms. The summed E-state index contributed by atoms with van der Waals surface area (Å²) in [5.41, 5.74) is 1.40. The van der Waals surface area contributed by atoms with Gasteiger partial charge in [0.2, 0.25) is 11.8 Å². The summed E-state index contributed by atoms with van der Waals surface area (Å²) in [6.07, 6.45) is 0.0752. The average Bonchev–Trinajstić information content (AvgIpc) is 2.63. The second-order valence-electron chi connectivity index (χ2n) is 6.25. The predicted molar refractivity (Wildman–Crippen MR) is 115 cm³/mol. The molecule has 2 rings (SSSR count). The SMILES string of the molecule is CCNC(=O)[C@@H](C)N(Cc1ccc(Cl)cc1Cl)C(=O)Cc1ccc(Cl)c(Cl)c1. The minimum Gasteiger partial charge on any atom is -0.355 e. The molecule has 150 valence electrons. The number of nitrogens with one attached hydrogen (secondary N) is 1. The molecule has 0 aliphatic heterocycles. The fourth-order valence-electron chi connectivity index (χ4n) is 2.66. The van der Waals surface area contributed by atoms with Crippen LogP contribution in [0.25, 0.3) is 0 Å². The van der Waals surface area contributed by atoms with Gasteiger partial charge in [-0.05, 0) is 49.2 Å². The van der Waals surface area contributed by atoms with Gasteiger partial charge in [0.25, 0.3) is 0 Å². The van der Waals surface area contributed by atoms with Crippen LogP contribution in [0, 0.1) is 0 Å².